The van der Waals surface area contributed by atoms with Crippen LogP contribution in [0.4, 0.5) is 15.9 Å². The van der Waals surface area contributed by atoms with Crippen LogP contribution in [0.15, 0.2) is 42.7 Å². The molecule has 61 heavy (non-hydrogen) atoms. The number of amides is 3. The van der Waals surface area contributed by atoms with E-state index in [1.165, 1.54) is 0 Å². The van der Waals surface area contributed by atoms with E-state index in [1.807, 2.05) is 30.3 Å². The number of aromatic amines is 1. The van der Waals surface area contributed by atoms with Crippen molar-refractivity contribution in [3.8, 4) is 22.9 Å². The van der Waals surface area contributed by atoms with Gasteiger partial charge in [-0.15, -0.1) is 0 Å². The highest BCUT2D eigenvalue weighted by molar-refractivity contribution is 6.07. The number of alkyl halides is 1. The van der Waals surface area contributed by atoms with E-state index in [0.717, 1.165) is 130 Å². The monoisotopic (exact) mass is 834 g/mol. The second-order valence-electron chi connectivity index (χ2n) is 18.3. The molecule has 1 saturated carbocycles. The minimum Gasteiger partial charge on any atom is -0.496 e. The number of likely N-dealkylation sites (tertiary alicyclic amines) is 1. The molecule has 0 bridgehead atoms. The molecule has 3 amide bonds. The first-order valence-electron chi connectivity index (χ1n) is 22.0. The normalized spacial score (nSPS) is 23.4. The topological polar surface area (TPSA) is 152 Å². The number of piperidine rings is 3. The standard InChI is InChI=1S/C45H55FN10O5/c1-44(9-10-44)61-32-3-4-34-33(23-32)41(51-50-34)35-24-38(48-28-47-35)55-19-17-53(18-20-55)27-45(46)11-15-52(16-12-45)25-29-7-13-54(14-8-29)31-21-30-26-56(36-5-6-39(57)49-42(36)58)43(59)40(30)37(22-31)60-2/h3-4,21-24,28-29,36H,5-20,25-27H2,1-2H3,(H,50,51)(H,49,57,58). The summed E-state index contributed by atoms with van der Waals surface area (Å²) in [6.07, 6.45) is 7.45. The van der Waals surface area contributed by atoms with Gasteiger partial charge < -0.3 is 29.1 Å². The van der Waals surface area contributed by atoms with Crippen LogP contribution in [-0.4, -0.2) is 142 Å². The van der Waals surface area contributed by atoms with Gasteiger partial charge in [0.05, 0.1) is 23.9 Å². The molecule has 16 heteroatoms. The quantitative estimate of drug-likeness (QED) is 0.204. The summed E-state index contributed by atoms with van der Waals surface area (Å²) in [5, 5.41) is 11.1. The number of hydrogen-bond donors (Lipinski definition) is 2. The Bertz CT molecular complexity index is 2330. The van der Waals surface area contributed by atoms with Gasteiger partial charge in [-0.1, -0.05) is 0 Å². The lowest BCUT2D eigenvalue weighted by Crippen LogP contribution is -2.54. The number of ether oxygens (including phenoxy) is 2. The third-order valence-electron chi connectivity index (χ3n) is 14.0. The van der Waals surface area contributed by atoms with Crippen LogP contribution in [0, 0.1) is 5.92 Å². The number of imide groups is 1. The highest BCUT2D eigenvalue weighted by Gasteiger charge is 2.42. The molecule has 10 rings (SSSR count). The predicted octanol–water partition coefficient (Wildman–Crippen LogP) is 4.56. The Kier molecular flexibility index (Phi) is 10.3. The Balaban J connectivity index is 0.684. The summed E-state index contributed by atoms with van der Waals surface area (Å²) in [4.78, 5) is 57.9. The molecular weight excluding hydrogens is 780 g/mol. The van der Waals surface area contributed by atoms with E-state index < -0.39 is 17.6 Å². The van der Waals surface area contributed by atoms with Crippen LogP contribution < -0.4 is 24.6 Å². The molecule has 2 N–H and O–H groups in total. The Labute approximate surface area is 354 Å². The van der Waals surface area contributed by atoms with E-state index in [4.69, 9.17) is 9.47 Å². The van der Waals surface area contributed by atoms with Crippen molar-refractivity contribution in [3.05, 3.63) is 53.9 Å². The van der Waals surface area contributed by atoms with Crippen molar-refractivity contribution in [2.24, 2.45) is 5.92 Å². The first-order chi connectivity index (χ1) is 29.5. The molecule has 1 atom stereocenters. The molecule has 2 aromatic carbocycles. The number of hydrogen-bond acceptors (Lipinski definition) is 12. The van der Waals surface area contributed by atoms with Crippen molar-refractivity contribution in [1.29, 1.82) is 0 Å². The summed E-state index contributed by atoms with van der Waals surface area (Å²) in [5.41, 5.74) is 3.58. The molecule has 5 fully saturated rings. The highest BCUT2D eigenvalue weighted by Crippen LogP contribution is 2.41. The summed E-state index contributed by atoms with van der Waals surface area (Å²) in [7, 11) is 1.57. The maximum Gasteiger partial charge on any atom is 0.258 e. The molecular formula is C45H55FN10O5. The van der Waals surface area contributed by atoms with Crippen LogP contribution in [0.25, 0.3) is 22.3 Å². The van der Waals surface area contributed by atoms with Crippen LogP contribution in [0.5, 0.6) is 11.5 Å². The molecule has 0 radical (unpaired) electrons. The third-order valence-corrected chi connectivity index (χ3v) is 14.0. The van der Waals surface area contributed by atoms with E-state index in [1.54, 1.807) is 18.3 Å². The summed E-state index contributed by atoms with van der Waals surface area (Å²) in [6.45, 7) is 10.3. The van der Waals surface area contributed by atoms with Crippen LogP contribution in [-0.2, 0) is 16.1 Å². The summed E-state index contributed by atoms with van der Waals surface area (Å²) >= 11 is 0. The maximum absolute atomic E-state index is 16.4. The minimum absolute atomic E-state index is 0.0649. The van der Waals surface area contributed by atoms with Crippen molar-refractivity contribution >= 4 is 40.1 Å². The molecule has 6 aliphatic rings. The van der Waals surface area contributed by atoms with E-state index in [9.17, 15) is 14.4 Å². The molecule has 5 aliphatic heterocycles. The molecule has 4 saturated heterocycles. The van der Waals surface area contributed by atoms with Crippen molar-refractivity contribution < 1.29 is 28.2 Å². The number of piperazine rings is 1. The van der Waals surface area contributed by atoms with Gasteiger partial charge in [0, 0.05) is 102 Å². The Morgan fingerprint density at radius 3 is 2.39 bits per heavy atom. The summed E-state index contributed by atoms with van der Waals surface area (Å²) in [5.74, 6) is 1.80. The summed E-state index contributed by atoms with van der Waals surface area (Å²) in [6, 6.07) is 11.4. The number of nitrogens with zero attached hydrogens (tertiary/aromatic N) is 8. The van der Waals surface area contributed by atoms with Crippen molar-refractivity contribution in [2.75, 3.05) is 82.4 Å². The second kappa shape index (κ2) is 15.8. The van der Waals surface area contributed by atoms with Crippen LogP contribution in [0.1, 0.15) is 74.2 Å². The van der Waals surface area contributed by atoms with Crippen molar-refractivity contribution in [2.45, 2.75) is 82.1 Å². The molecule has 2 aromatic heterocycles. The zero-order valence-electron chi connectivity index (χ0n) is 35.1. The molecule has 4 aromatic rings. The van der Waals surface area contributed by atoms with E-state index in [2.05, 4.69) is 58.1 Å². The zero-order valence-corrected chi connectivity index (χ0v) is 35.1. The fourth-order valence-electron chi connectivity index (χ4n) is 10.0. The van der Waals surface area contributed by atoms with Gasteiger partial charge in [-0.3, -0.25) is 29.7 Å². The number of halogens is 1. The highest BCUT2D eigenvalue weighted by atomic mass is 19.1. The Morgan fingerprint density at radius 1 is 0.869 bits per heavy atom. The fraction of sp³-hybridized carbons (Fsp3) is 0.556. The van der Waals surface area contributed by atoms with Crippen LogP contribution in [0.3, 0.4) is 0 Å². The maximum atomic E-state index is 16.4. The first kappa shape index (κ1) is 39.8. The third kappa shape index (κ3) is 8.11. The van der Waals surface area contributed by atoms with Gasteiger partial charge in [0.2, 0.25) is 11.8 Å². The number of benzene rings is 2. The number of methoxy groups -OCH3 is 1. The lowest BCUT2D eigenvalue weighted by Gasteiger charge is -2.43. The van der Waals surface area contributed by atoms with Gasteiger partial charge in [-0.2, -0.15) is 5.10 Å². The molecule has 1 unspecified atom stereocenters. The number of carbonyl (C=O) groups excluding carboxylic acids is 3. The lowest BCUT2D eigenvalue weighted by molar-refractivity contribution is -0.136. The smallest absolute Gasteiger partial charge is 0.258 e. The van der Waals surface area contributed by atoms with Crippen molar-refractivity contribution in [1.82, 2.24) is 40.2 Å². The van der Waals surface area contributed by atoms with E-state index in [-0.39, 0.29) is 23.8 Å². The SMILES string of the molecule is COc1cc(N2CCC(CN3CCC(F)(CN4CCN(c5cc(-c6n[nH]c7ccc(OC8(C)CC8)cc67)ncn5)CC4)CC3)CC2)cc2c1C(=O)N(C1CCC(=O)NC1=O)C2. The molecule has 7 heterocycles. The number of aromatic nitrogens is 4. The number of fused-ring (bicyclic) bond motifs is 2. The molecule has 15 nitrogen and oxygen atoms in total. The molecule has 1 aliphatic carbocycles. The zero-order chi connectivity index (χ0) is 41.9. The largest absolute Gasteiger partial charge is 0.496 e. The van der Waals surface area contributed by atoms with Crippen LogP contribution in [0.2, 0.25) is 0 Å². The van der Waals surface area contributed by atoms with Gasteiger partial charge in [-0.05, 0) is 87.6 Å². The number of anilines is 2. The predicted molar refractivity (Wildman–Crippen MR) is 228 cm³/mol. The summed E-state index contributed by atoms with van der Waals surface area (Å²) < 4.78 is 28.3. The number of H-pyrrole nitrogens is 1. The van der Waals surface area contributed by atoms with E-state index in [0.29, 0.717) is 49.6 Å². The molecule has 0 spiro atoms. The van der Waals surface area contributed by atoms with Crippen LogP contribution >= 0.6 is 0 Å². The van der Waals surface area contributed by atoms with Gasteiger partial charge in [0.15, 0.2) is 0 Å². The minimum atomic E-state index is -1.19. The lowest BCUT2D eigenvalue weighted by atomic mass is 9.90. The van der Waals surface area contributed by atoms with Gasteiger partial charge in [0.25, 0.3) is 5.91 Å². The van der Waals surface area contributed by atoms with Gasteiger partial charge in [0.1, 0.15) is 46.6 Å². The average Bonchev–Trinajstić information content (AvgIpc) is 3.68. The second-order valence-corrected chi connectivity index (χ2v) is 18.3. The van der Waals surface area contributed by atoms with Gasteiger partial charge >= 0.3 is 0 Å². The van der Waals surface area contributed by atoms with E-state index >= 15 is 4.39 Å². The number of nitrogens with one attached hydrogen (secondary N) is 2. The van der Waals surface area contributed by atoms with Crippen molar-refractivity contribution in [3.63, 3.8) is 0 Å². The van der Waals surface area contributed by atoms with Gasteiger partial charge in [-0.25, -0.2) is 14.4 Å². The Hall–Kier alpha value is -5.35. The average molecular weight is 835 g/mol. The number of rotatable bonds is 11. The number of carbonyl (C=O) groups is 3. The molecule has 322 valence electrons. The first-order valence-corrected chi connectivity index (χ1v) is 22.0. The fourth-order valence-corrected chi connectivity index (χ4v) is 10.0. The Morgan fingerprint density at radius 2 is 1.66 bits per heavy atom.